The van der Waals surface area contributed by atoms with Crippen molar-refractivity contribution in [2.75, 3.05) is 13.1 Å². The van der Waals surface area contributed by atoms with Crippen molar-refractivity contribution >= 4 is 5.91 Å². The summed E-state index contributed by atoms with van der Waals surface area (Å²) in [6.45, 7) is 3.64. The zero-order valence-electron chi connectivity index (χ0n) is 19.2. The minimum atomic E-state index is -4.71. The van der Waals surface area contributed by atoms with Crippen LogP contribution in [0.2, 0.25) is 0 Å². The molecule has 1 saturated carbocycles. The second kappa shape index (κ2) is 10.4. The number of halogens is 4. The number of hydrogen-bond donors (Lipinski definition) is 3. The lowest BCUT2D eigenvalue weighted by Crippen LogP contribution is -2.42. The Kier molecular flexibility index (Phi) is 7.57. The first kappa shape index (κ1) is 24.7. The lowest BCUT2D eigenvalue weighted by atomic mass is 9.96. The maximum Gasteiger partial charge on any atom is 0.419 e. The molecule has 2 aromatic carbocycles. The van der Waals surface area contributed by atoms with Crippen LogP contribution in [-0.4, -0.2) is 31.1 Å². The number of piperidine rings is 1. The van der Waals surface area contributed by atoms with Gasteiger partial charge in [-0.15, -0.1) is 0 Å². The van der Waals surface area contributed by atoms with Crippen LogP contribution in [0.4, 0.5) is 17.6 Å². The highest BCUT2D eigenvalue weighted by Gasteiger charge is 2.35. The zero-order valence-corrected chi connectivity index (χ0v) is 19.2. The van der Waals surface area contributed by atoms with Crippen molar-refractivity contribution in [3.63, 3.8) is 0 Å². The summed E-state index contributed by atoms with van der Waals surface area (Å²) in [5.74, 6) is -0.974. The molecule has 1 aliphatic carbocycles. The minimum absolute atomic E-state index is 0.0456. The van der Waals surface area contributed by atoms with Crippen molar-refractivity contribution in [1.82, 2.24) is 16.0 Å². The molecule has 4 nitrogen and oxygen atoms in total. The number of amides is 1. The molecule has 184 valence electrons. The molecule has 0 radical (unpaired) electrons. The van der Waals surface area contributed by atoms with Crippen LogP contribution >= 0.6 is 0 Å². The molecule has 1 aliphatic heterocycles. The standard InChI is InChI=1S/C26H31F4N3O/c1-16(19-7-9-24(27)23(15-19)26(28,29)30)32-22-8-6-20(14-22)17-2-4-18(5-3-17)25(34)33-21-10-12-31-13-11-21/h2-5,7,9,15-16,20-22,31-32H,6,8,10-14H2,1H3,(H,33,34). The van der Waals surface area contributed by atoms with Gasteiger partial charge in [0.2, 0.25) is 0 Å². The average molecular weight is 478 g/mol. The fourth-order valence-corrected chi connectivity index (χ4v) is 5.06. The summed E-state index contributed by atoms with van der Waals surface area (Å²) in [6, 6.07) is 11.0. The van der Waals surface area contributed by atoms with Crippen LogP contribution in [0.1, 0.15) is 78.0 Å². The van der Waals surface area contributed by atoms with Crippen LogP contribution in [0, 0.1) is 5.82 Å². The first-order chi connectivity index (χ1) is 16.2. The van der Waals surface area contributed by atoms with E-state index in [1.165, 1.54) is 6.07 Å². The molecular formula is C26H31F4N3O. The molecule has 1 saturated heterocycles. The van der Waals surface area contributed by atoms with Gasteiger partial charge in [-0.05, 0) is 93.4 Å². The minimum Gasteiger partial charge on any atom is -0.349 e. The van der Waals surface area contributed by atoms with Crippen molar-refractivity contribution in [3.8, 4) is 0 Å². The van der Waals surface area contributed by atoms with Gasteiger partial charge in [-0.3, -0.25) is 4.79 Å². The molecule has 0 aromatic heterocycles. The number of hydrogen-bond acceptors (Lipinski definition) is 3. The summed E-state index contributed by atoms with van der Waals surface area (Å²) in [4.78, 5) is 12.5. The Morgan fingerprint density at radius 1 is 1.00 bits per heavy atom. The summed E-state index contributed by atoms with van der Waals surface area (Å²) >= 11 is 0. The number of carbonyl (C=O) groups excluding carboxylic acids is 1. The molecular weight excluding hydrogens is 446 g/mol. The molecule has 0 spiro atoms. The summed E-state index contributed by atoms with van der Waals surface area (Å²) in [7, 11) is 0. The third-order valence-electron chi connectivity index (χ3n) is 7.03. The predicted molar refractivity (Wildman–Crippen MR) is 123 cm³/mol. The summed E-state index contributed by atoms with van der Waals surface area (Å²) in [5.41, 5.74) is 1.00. The third kappa shape index (κ3) is 5.96. The van der Waals surface area contributed by atoms with Crippen molar-refractivity contribution in [3.05, 3.63) is 70.5 Å². The van der Waals surface area contributed by atoms with E-state index < -0.39 is 17.6 Å². The molecule has 3 unspecified atom stereocenters. The van der Waals surface area contributed by atoms with Crippen LogP contribution in [0.25, 0.3) is 0 Å². The Labute approximate surface area is 197 Å². The fourth-order valence-electron chi connectivity index (χ4n) is 5.06. The molecule has 4 rings (SSSR count). The van der Waals surface area contributed by atoms with E-state index in [1.807, 2.05) is 24.3 Å². The first-order valence-corrected chi connectivity index (χ1v) is 11.9. The smallest absolute Gasteiger partial charge is 0.349 e. The largest absolute Gasteiger partial charge is 0.419 e. The highest BCUT2D eigenvalue weighted by molar-refractivity contribution is 5.94. The van der Waals surface area contributed by atoms with Gasteiger partial charge in [0.25, 0.3) is 5.91 Å². The zero-order chi connectivity index (χ0) is 24.3. The number of benzene rings is 2. The van der Waals surface area contributed by atoms with Crippen molar-refractivity contribution < 1.29 is 22.4 Å². The van der Waals surface area contributed by atoms with Crippen molar-refractivity contribution in [1.29, 1.82) is 0 Å². The van der Waals surface area contributed by atoms with E-state index >= 15 is 0 Å². The Hall–Kier alpha value is -2.45. The lowest BCUT2D eigenvalue weighted by molar-refractivity contribution is -0.140. The molecule has 1 amide bonds. The van der Waals surface area contributed by atoms with Gasteiger partial charge in [0, 0.05) is 23.7 Å². The lowest BCUT2D eigenvalue weighted by Gasteiger charge is -2.23. The van der Waals surface area contributed by atoms with E-state index in [1.54, 1.807) is 6.92 Å². The van der Waals surface area contributed by atoms with Crippen LogP contribution in [-0.2, 0) is 6.18 Å². The highest BCUT2D eigenvalue weighted by atomic mass is 19.4. The topological polar surface area (TPSA) is 53.2 Å². The van der Waals surface area contributed by atoms with E-state index in [4.69, 9.17) is 0 Å². The summed E-state index contributed by atoms with van der Waals surface area (Å²) in [6.07, 6.45) is -0.113. The monoisotopic (exact) mass is 477 g/mol. The van der Waals surface area contributed by atoms with Gasteiger partial charge in [0.05, 0.1) is 5.56 Å². The second-order valence-corrected chi connectivity index (χ2v) is 9.45. The van der Waals surface area contributed by atoms with Gasteiger partial charge in [-0.25, -0.2) is 4.39 Å². The van der Waals surface area contributed by atoms with Gasteiger partial charge >= 0.3 is 6.18 Å². The molecule has 1 heterocycles. The van der Waals surface area contributed by atoms with E-state index in [-0.39, 0.29) is 24.0 Å². The molecule has 2 aromatic rings. The molecule has 0 bridgehead atoms. The molecule has 2 fully saturated rings. The van der Waals surface area contributed by atoms with Crippen LogP contribution in [0.15, 0.2) is 42.5 Å². The number of alkyl halides is 3. The third-order valence-corrected chi connectivity index (χ3v) is 7.03. The summed E-state index contributed by atoms with van der Waals surface area (Å²) in [5, 5.41) is 9.80. The number of nitrogens with one attached hydrogen (secondary N) is 3. The molecule has 2 aliphatic rings. The Bertz CT molecular complexity index is 987. The normalized spacial score (nSPS) is 22.5. The maximum atomic E-state index is 13.6. The Morgan fingerprint density at radius 3 is 2.38 bits per heavy atom. The Morgan fingerprint density at radius 2 is 1.71 bits per heavy atom. The first-order valence-electron chi connectivity index (χ1n) is 11.9. The average Bonchev–Trinajstić information content (AvgIpc) is 3.27. The van der Waals surface area contributed by atoms with E-state index in [0.717, 1.165) is 62.9 Å². The molecule has 3 atom stereocenters. The quantitative estimate of drug-likeness (QED) is 0.494. The molecule has 34 heavy (non-hydrogen) atoms. The second-order valence-electron chi connectivity index (χ2n) is 9.45. The number of rotatable bonds is 6. The van der Waals surface area contributed by atoms with Crippen LogP contribution < -0.4 is 16.0 Å². The number of carbonyl (C=O) groups is 1. The van der Waals surface area contributed by atoms with Crippen molar-refractivity contribution in [2.45, 2.75) is 69.2 Å². The maximum absolute atomic E-state index is 13.6. The predicted octanol–water partition coefficient (Wildman–Crippen LogP) is 5.31. The molecule has 8 heteroatoms. The van der Waals surface area contributed by atoms with Gasteiger partial charge in [-0.2, -0.15) is 13.2 Å². The Balaban J connectivity index is 1.32. The van der Waals surface area contributed by atoms with Crippen molar-refractivity contribution in [2.24, 2.45) is 0 Å². The van der Waals surface area contributed by atoms with Crippen LogP contribution in [0.5, 0.6) is 0 Å². The fraction of sp³-hybridized carbons (Fsp3) is 0.500. The molecule has 3 N–H and O–H groups in total. The SMILES string of the molecule is CC(NC1CCC(c2ccc(C(=O)NC3CCNCC3)cc2)C1)c1ccc(F)c(C(F)(F)F)c1. The van der Waals surface area contributed by atoms with E-state index in [9.17, 15) is 22.4 Å². The summed E-state index contributed by atoms with van der Waals surface area (Å²) < 4.78 is 52.7. The van der Waals surface area contributed by atoms with Gasteiger partial charge in [-0.1, -0.05) is 18.2 Å². The van der Waals surface area contributed by atoms with Crippen LogP contribution in [0.3, 0.4) is 0 Å². The van der Waals surface area contributed by atoms with Gasteiger partial charge in [0.1, 0.15) is 5.82 Å². The van der Waals surface area contributed by atoms with E-state index in [2.05, 4.69) is 16.0 Å². The van der Waals surface area contributed by atoms with Gasteiger partial charge < -0.3 is 16.0 Å². The van der Waals surface area contributed by atoms with E-state index in [0.29, 0.717) is 17.0 Å². The van der Waals surface area contributed by atoms with Gasteiger partial charge in [0.15, 0.2) is 0 Å². The highest BCUT2D eigenvalue weighted by Crippen LogP contribution is 2.37.